The smallest absolute Gasteiger partial charge is 0.338 e. The number of hydrogen-bond donors (Lipinski definition) is 0. The molecule has 3 rings (SSSR count). The van der Waals surface area contributed by atoms with Crippen LogP contribution in [0.2, 0.25) is 0 Å². The van der Waals surface area contributed by atoms with Crippen molar-refractivity contribution in [1.82, 2.24) is 4.57 Å². The Morgan fingerprint density at radius 3 is 2.54 bits per heavy atom. The van der Waals surface area contributed by atoms with Gasteiger partial charge in [0, 0.05) is 34.9 Å². The minimum Gasteiger partial charge on any atom is -0.462 e. The first-order valence-electron chi connectivity index (χ1n) is 9.60. The lowest BCUT2D eigenvalue weighted by Crippen LogP contribution is -2.09. The summed E-state index contributed by atoms with van der Waals surface area (Å²) in [7, 11) is 0. The molecule has 4 heteroatoms. The molecule has 0 radical (unpaired) electrons. The summed E-state index contributed by atoms with van der Waals surface area (Å²) in [5, 5.41) is 0. The van der Waals surface area contributed by atoms with Crippen LogP contribution >= 0.6 is 0 Å². The van der Waals surface area contributed by atoms with Crippen LogP contribution < -0.4 is 0 Å². The van der Waals surface area contributed by atoms with Crippen molar-refractivity contribution >= 4 is 12.2 Å². The van der Waals surface area contributed by atoms with Crippen molar-refractivity contribution in [2.24, 2.45) is 4.99 Å². The highest BCUT2D eigenvalue weighted by molar-refractivity contribution is 5.89. The van der Waals surface area contributed by atoms with E-state index in [0.717, 1.165) is 11.4 Å². The number of rotatable bonds is 5. The Hall–Kier alpha value is -2.36. The van der Waals surface area contributed by atoms with Gasteiger partial charge in [-0.15, -0.1) is 0 Å². The molecule has 0 saturated heterocycles. The summed E-state index contributed by atoms with van der Waals surface area (Å²) < 4.78 is 7.26. The van der Waals surface area contributed by atoms with E-state index in [1.165, 1.54) is 43.4 Å². The molecule has 4 nitrogen and oxygen atoms in total. The Labute approximate surface area is 155 Å². The van der Waals surface area contributed by atoms with E-state index < -0.39 is 0 Å². The number of nitrogens with zero attached hydrogens (tertiary/aromatic N) is 2. The van der Waals surface area contributed by atoms with Gasteiger partial charge in [0.2, 0.25) is 0 Å². The van der Waals surface area contributed by atoms with Crippen LogP contribution in [0.4, 0.5) is 0 Å². The van der Waals surface area contributed by atoms with Gasteiger partial charge in [-0.3, -0.25) is 4.99 Å². The van der Waals surface area contributed by atoms with E-state index in [-0.39, 0.29) is 5.97 Å². The monoisotopic (exact) mass is 352 g/mol. The standard InChI is InChI=1S/C22H28N2O2/c1-4-26-22(25)18-10-12-21(13-11-18)24-16(2)14-19(17(24)3)15-23-20-8-6-5-7-9-20/h10-15,20H,4-9H2,1-3H3. The molecule has 1 aliphatic carbocycles. The zero-order chi connectivity index (χ0) is 18.5. The Bertz CT molecular complexity index is 781. The number of aromatic nitrogens is 1. The molecule has 0 N–H and O–H groups in total. The first-order chi connectivity index (χ1) is 12.6. The molecular formula is C22H28N2O2. The van der Waals surface area contributed by atoms with Crippen LogP contribution in [0.5, 0.6) is 0 Å². The third kappa shape index (κ3) is 4.06. The van der Waals surface area contributed by atoms with Crippen LogP contribution in [0.25, 0.3) is 5.69 Å². The van der Waals surface area contributed by atoms with Crippen molar-refractivity contribution in [2.45, 2.75) is 58.9 Å². The third-order valence-electron chi connectivity index (χ3n) is 5.11. The summed E-state index contributed by atoms with van der Waals surface area (Å²) >= 11 is 0. The van der Waals surface area contributed by atoms with E-state index in [4.69, 9.17) is 9.73 Å². The average Bonchev–Trinajstić information content (AvgIpc) is 2.95. The minimum atomic E-state index is -0.277. The van der Waals surface area contributed by atoms with Crippen molar-refractivity contribution in [1.29, 1.82) is 0 Å². The molecule has 0 spiro atoms. The average molecular weight is 352 g/mol. The van der Waals surface area contributed by atoms with Crippen molar-refractivity contribution in [2.75, 3.05) is 6.61 Å². The molecule has 1 heterocycles. The quantitative estimate of drug-likeness (QED) is 0.560. The fourth-order valence-electron chi connectivity index (χ4n) is 3.69. The predicted octanol–water partition coefficient (Wildman–Crippen LogP) is 5.02. The van der Waals surface area contributed by atoms with Crippen LogP contribution in [-0.2, 0) is 4.74 Å². The third-order valence-corrected chi connectivity index (χ3v) is 5.11. The Kier molecular flexibility index (Phi) is 5.92. The predicted molar refractivity (Wildman–Crippen MR) is 106 cm³/mol. The number of benzene rings is 1. The second-order valence-corrected chi connectivity index (χ2v) is 7.00. The number of hydrogen-bond acceptors (Lipinski definition) is 3. The Morgan fingerprint density at radius 1 is 1.19 bits per heavy atom. The number of esters is 1. The van der Waals surface area contributed by atoms with Gasteiger partial charge in [-0.1, -0.05) is 19.3 Å². The van der Waals surface area contributed by atoms with Gasteiger partial charge in [0.15, 0.2) is 0 Å². The van der Waals surface area contributed by atoms with Gasteiger partial charge < -0.3 is 9.30 Å². The van der Waals surface area contributed by atoms with Crippen molar-refractivity contribution in [3.05, 3.63) is 52.8 Å². The molecule has 1 saturated carbocycles. The highest BCUT2D eigenvalue weighted by Gasteiger charge is 2.13. The van der Waals surface area contributed by atoms with Crippen LogP contribution in [0.15, 0.2) is 35.3 Å². The van der Waals surface area contributed by atoms with E-state index >= 15 is 0 Å². The molecule has 2 aromatic rings. The van der Waals surface area contributed by atoms with E-state index in [9.17, 15) is 4.79 Å². The van der Waals surface area contributed by atoms with Gasteiger partial charge in [0.05, 0.1) is 12.2 Å². The Balaban J connectivity index is 1.81. The molecule has 26 heavy (non-hydrogen) atoms. The molecular weight excluding hydrogens is 324 g/mol. The van der Waals surface area contributed by atoms with Gasteiger partial charge >= 0.3 is 5.97 Å². The summed E-state index contributed by atoms with van der Waals surface area (Å²) in [5.74, 6) is -0.277. The van der Waals surface area contributed by atoms with Crippen LogP contribution in [0, 0.1) is 13.8 Å². The van der Waals surface area contributed by atoms with Gasteiger partial charge in [-0.05, 0) is 63.9 Å². The van der Waals surface area contributed by atoms with Crippen LogP contribution in [0.1, 0.15) is 66.3 Å². The summed E-state index contributed by atoms with van der Waals surface area (Å²) in [6.07, 6.45) is 8.42. The lowest BCUT2D eigenvalue weighted by molar-refractivity contribution is 0.0526. The summed E-state index contributed by atoms with van der Waals surface area (Å²) in [6.45, 7) is 6.42. The maximum Gasteiger partial charge on any atom is 0.338 e. The number of carbonyl (C=O) groups excluding carboxylic acids is 1. The molecule has 1 aromatic heterocycles. The number of aryl methyl sites for hydroxylation is 1. The fourth-order valence-corrected chi connectivity index (χ4v) is 3.69. The zero-order valence-electron chi connectivity index (χ0n) is 16.0. The highest BCUT2D eigenvalue weighted by atomic mass is 16.5. The van der Waals surface area contributed by atoms with E-state index in [2.05, 4.69) is 24.5 Å². The normalized spacial score (nSPS) is 15.5. The summed E-state index contributed by atoms with van der Waals surface area (Å²) in [4.78, 5) is 16.6. The lowest BCUT2D eigenvalue weighted by Gasteiger charge is -2.17. The van der Waals surface area contributed by atoms with E-state index in [1.807, 2.05) is 37.4 Å². The van der Waals surface area contributed by atoms with Crippen LogP contribution in [0.3, 0.4) is 0 Å². The van der Waals surface area contributed by atoms with Gasteiger partial charge in [-0.2, -0.15) is 0 Å². The first-order valence-corrected chi connectivity index (χ1v) is 9.60. The van der Waals surface area contributed by atoms with Gasteiger partial charge in [0.25, 0.3) is 0 Å². The number of ether oxygens (including phenoxy) is 1. The van der Waals surface area contributed by atoms with Crippen molar-refractivity contribution in [3.8, 4) is 5.69 Å². The van der Waals surface area contributed by atoms with Gasteiger partial charge in [0.1, 0.15) is 0 Å². The second-order valence-electron chi connectivity index (χ2n) is 7.00. The molecule has 1 aliphatic rings. The summed E-state index contributed by atoms with van der Waals surface area (Å²) in [5.41, 5.74) is 5.13. The van der Waals surface area contributed by atoms with E-state index in [0.29, 0.717) is 18.2 Å². The van der Waals surface area contributed by atoms with Crippen molar-refractivity contribution in [3.63, 3.8) is 0 Å². The molecule has 0 unspecified atom stereocenters. The maximum absolute atomic E-state index is 11.8. The lowest BCUT2D eigenvalue weighted by atomic mass is 9.96. The maximum atomic E-state index is 11.8. The molecule has 1 fully saturated rings. The summed E-state index contributed by atoms with van der Waals surface area (Å²) in [6, 6.07) is 10.2. The largest absolute Gasteiger partial charge is 0.462 e. The van der Waals surface area contributed by atoms with E-state index in [1.54, 1.807) is 0 Å². The number of carbonyl (C=O) groups is 1. The second kappa shape index (κ2) is 8.35. The minimum absolute atomic E-state index is 0.277. The first kappa shape index (κ1) is 18.4. The zero-order valence-corrected chi connectivity index (χ0v) is 16.0. The van der Waals surface area contributed by atoms with Gasteiger partial charge in [-0.25, -0.2) is 4.79 Å². The highest BCUT2D eigenvalue weighted by Crippen LogP contribution is 2.23. The molecule has 0 bridgehead atoms. The Morgan fingerprint density at radius 2 is 1.88 bits per heavy atom. The SMILES string of the molecule is CCOC(=O)c1ccc(-n2c(C)cc(C=NC3CCCCC3)c2C)cc1. The molecule has 0 amide bonds. The van der Waals surface area contributed by atoms with Crippen LogP contribution in [-0.4, -0.2) is 29.4 Å². The fraction of sp³-hybridized carbons (Fsp3) is 0.455. The molecule has 0 atom stereocenters. The molecule has 1 aromatic carbocycles. The number of aliphatic imine (C=N–C) groups is 1. The topological polar surface area (TPSA) is 43.6 Å². The molecule has 138 valence electrons. The molecule has 0 aliphatic heterocycles. The van der Waals surface area contributed by atoms with Crippen molar-refractivity contribution < 1.29 is 9.53 Å².